The van der Waals surface area contributed by atoms with Crippen molar-refractivity contribution < 1.29 is 4.74 Å². The van der Waals surface area contributed by atoms with Crippen molar-refractivity contribution in [3.8, 4) is 17.0 Å². The topological polar surface area (TPSA) is 53.1 Å². The molecule has 0 saturated heterocycles. The molecule has 1 heterocycles. The highest BCUT2D eigenvalue weighted by atomic mass is 16.5. The molecule has 2 N–H and O–H groups in total. The summed E-state index contributed by atoms with van der Waals surface area (Å²) in [6.07, 6.45) is 0.793. The van der Waals surface area contributed by atoms with Gasteiger partial charge in [0.25, 0.3) is 0 Å². The maximum absolute atomic E-state index is 5.60. The Morgan fingerprint density at radius 1 is 1.39 bits per heavy atom. The molecule has 0 bridgehead atoms. The molecular weight excluding hydrogens is 226 g/mol. The molecule has 2 rings (SSSR count). The second-order valence-electron chi connectivity index (χ2n) is 4.29. The number of nitrogens with two attached hydrogens (primary N) is 1. The molecule has 0 aliphatic rings. The summed E-state index contributed by atoms with van der Waals surface area (Å²) in [7, 11) is 3.70. The summed E-state index contributed by atoms with van der Waals surface area (Å²) in [5.74, 6) is 1.87. The van der Waals surface area contributed by atoms with Crippen LogP contribution >= 0.6 is 0 Å². The highest BCUT2D eigenvalue weighted by Gasteiger charge is 2.12. The number of hydrogen-bond acceptors (Lipinski definition) is 3. The first kappa shape index (κ1) is 12.6. The number of nitrogens with zero attached hydrogens (tertiary/aromatic N) is 2. The van der Waals surface area contributed by atoms with Crippen molar-refractivity contribution in [3.63, 3.8) is 0 Å². The highest BCUT2D eigenvalue weighted by molar-refractivity contribution is 5.64. The molecule has 0 aliphatic heterocycles. The fourth-order valence-corrected chi connectivity index (χ4v) is 2.03. The van der Waals surface area contributed by atoms with Crippen molar-refractivity contribution in [3.05, 3.63) is 35.8 Å². The van der Waals surface area contributed by atoms with Crippen LogP contribution in [-0.2, 0) is 13.5 Å². The lowest BCUT2D eigenvalue weighted by Gasteiger charge is -2.03. The summed E-state index contributed by atoms with van der Waals surface area (Å²) in [5, 5.41) is 0. The van der Waals surface area contributed by atoms with Gasteiger partial charge in [0.15, 0.2) is 0 Å². The summed E-state index contributed by atoms with van der Waals surface area (Å²) >= 11 is 0. The summed E-state index contributed by atoms with van der Waals surface area (Å²) < 4.78 is 7.35. The minimum absolute atomic E-state index is 0.613. The Bertz CT molecular complexity index is 546. The van der Waals surface area contributed by atoms with Crippen LogP contribution in [-0.4, -0.2) is 23.2 Å². The molecule has 0 saturated carbocycles. The van der Waals surface area contributed by atoms with Crippen LogP contribution in [0.5, 0.6) is 5.75 Å². The van der Waals surface area contributed by atoms with Gasteiger partial charge in [0.05, 0.1) is 12.8 Å². The number of imidazole rings is 1. The molecule has 0 spiro atoms. The summed E-state index contributed by atoms with van der Waals surface area (Å²) in [6, 6.07) is 7.96. The molecule has 0 atom stereocenters. The maximum Gasteiger partial charge on any atom is 0.119 e. The molecule has 1 aromatic carbocycles. The van der Waals surface area contributed by atoms with E-state index in [9.17, 15) is 0 Å². The molecule has 2 aromatic rings. The predicted octanol–water partition coefficient (Wildman–Crippen LogP) is 1.91. The zero-order valence-electron chi connectivity index (χ0n) is 11.1. The third kappa shape index (κ3) is 2.24. The van der Waals surface area contributed by atoms with E-state index in [1.54, 1.807) is 7.11 Å². The van der Waals surface area contributed by atoms with Gasteiger partial charge < -0.3 is 15.0 Å². The van der Waals surface area contributed by atoms with Gasteiger partial charge in [-0.05, 0) is 25.6 Å². The van der Waals surface area contributed by atoms with Crippen molar-refractivity contribution in [2.75, 3.05) is 13.7 Å². The molecule has 4 heteroatoms. The van der Waals surface area contributed by atoms with Crippen molar-refractivity contribution in [1.29, 1.82) is 0 Å². The van der Waals surface area contributed by atoms with Gasteiger partial charge in [-0.25, -0.2) is 4.98 Å². The Labute approximate surface area is 107 Å². The smallest absolute Gasteiger partial charge is 0.119 e. The van der Waals surface area contributed by atoms with Crippen molar-refractivity contribution in [2.45, 2.75) is 13.3 Å². The lowest BCUT2D eigenvalue weighted by molar-refractivity contribution is 0.415. The van der Waals surface area contributed by atoms with Crippen LogP contribution in [0, 0.1) is 6.92 Å². The molecule has 0 radical (unpaired) electrons. The first-order valence-corrected chi connectivity index (χ1v) is 6.04. The monoisotopic (exact) mass is 245 g/mol. The quantitative estimate of drug-likeness (QED) is 0.895. The number of ether oxygens (including phenoxy) is 1. The van der Waals surface area contributed by atoms with Crippen LogP contribution in [0.3, 0.4) is 0 Å². The van der Waals surface area contributed by atoms with Crippen molar-refractivity contribution >= 4 is 0 Å². The van der Waals surface area contributed by atoms with Crippen LogP contribution < -0.4 is 10.5 Å². The Balaban J connectivity index is 2.46. The molecule has 18 heavy (non-hydrogen) atoms. The van der Waals surface area contributed by atoms with Gasteiger partial charge in [-0.15, -0.1) is 0 Å². The number of rotatable bonds is 4. The first-order chi connectivity index (χ1) is 8.67. The minimum atomic E-state index is 0.613. The van der Waals surface area contributed by atoms with Crippen LogP contribution in [0.25, 0.3) is 11.3 Å². The molecule has 0 unspecified atom stereocenters. The second kappa shape index (κ2) is 5.23. The van der Waals surface area contributed by atoms with Gasteiger partial charge in [-0.2, -0.15) is 0 Å². The van der Waals surface area contributed by atoms with Crippen molar-refractivity contribution in [2.24, 2.45) is 12.8 Å². The fourth-order valence-electron chi connectivity index (χ4n) is 2.03. The lowest BCUT2D eigenvalue weighted by atomic mass is 10.1. The Kier molecular flexibility index (Phi) is 3.67. The average molecular weight is 245 g/mol. The van der Waals surface area contributed by atoms with Gasteiger partial charge >= 0.3 is 0 Å². The van der Waals surface area contributed by atoms with Crippen LogP contribution in [0.4, 0.5) is 0 Å². The third-order valence-corrected chi connectivity index (χ3v) is 3.18. The van der Waals surface area contributed by atoms with Crippen LogP contribution in [0.2, 0.25) is 0 Å². The van der Waals surface area contributed by atoms with Crippen LogP contribution in [0.1, 0.15) is 11.5 Å². The molecule has 0 aliphatic carbocycles. The molecule has 96 valence electrons. The Hall–Kier alpha value is -1.81. The Morgan fingerprint density at radius 2 is 2.17 bits per heavy atom. The number of hydrogen-bond donors (Lipinski definition) is 1. The van der Waals surface area contributed by atoms with E-state index in [4.69, 9.17) is 10.5 Å². The summed E-state index contributed by atoms with van der Waals surface area (Å²) in [4.78, 5) is 4.67. The fraction of sp³-hybridized carbons (Fsp3) is 0.357. The van der Waals surface area contributed by atoms with E-state index in [2.05, 4.69) is 16.5 Å². The number of aromatic nitrogens is 2. The van der Waals surface area contributed by atoms with Gasteiger partial charge in [0.1, 0.15) is 11.6 Å². The molecule has 4 nitrogen and oxygen atoms in total. The van der Waals surface area contributed by atoms with Crippen LogP contribution in [0.15, 0.2) is 24.3 Å². The minimum Gasteiger partial charge on any atom is -0.497 e. The van der Waals surface area contributed by atoms with Gasteiger partial charge in [-0.1, -0.05) is 12.1 Å². The Morgan fingerprint density at radius 3 is 2.83 bits per heavy atom. The predicted molar refractivity (Wildman–Crippen MR) is 72.7 cm³/mol. The zero-order chi connectivity index (χ0) is 13.1. The zero-order valence-corrected chi connectivity index (χ0v) is 11.1. The molecule has 1 aromatic heterocycles. The van der Waals surface area contributed by atoms with E-state index in [0.717, 1.165) is 34.9 Å². The molecule has 0 amide bonds. The van der Waals surface area contributed by atoms with Gasteiger partial charge in [0.2, 0.25) is 0 Å². The van der Waals surface area contributed by atoms with E-state index in [1.807, 2.05) is 31.3 Å². The maximum atomic E-state index is 5.60. The van der Waals surface area contributed by atoms with E-state index >= 15 is 0 Å². The third-order valence-electron chi connectivity index (χ3n) is 3.18. The SMILES string of the molecule is COc1cccc(-c2nc(CCN)n(C)c2C)c1. The first-order valence-electron chi connectivity index (χ1n) is 6.04. The van der Waals surface area contributed by atoms with E-state index < -0.39 is 0 Å². The molecule has 0 fully saturated rings. The summed E-state index contributed by atoms with van der Waals surface area (Å²) in [6.45, 7) is 2.68. The van der Waals surface area contributed by atoms with Gasteiger partial charge in [0, 0.05) is 24.7 Å². The second-order valence-corrected chi connectivity index (χ2v) is 4.29. The number of benzene rings is 1. The number of methoxy groups -OCH3 is 1. The van der Waals surface area contributed by atoms with Gasteiger partial charge in [-0.3, -0.25) is 0 Å². The lowest BCUT2D eigenvalue weighted by Crippen LogP contribution is -2.08. The van der Waals surface area contributed by atoms with E-state index in [1.165, 1.54) is 0 Å². The summed E-state index contributed by atoms with van der Waals surface area (Å²) in [5.41, 5.74) is 8.82. The van der Waals surface area contributed by atoms with Crippen molar-refractivity contribution in [1.82, 2.24) is 9.55 Å². The highest BCUT2D eigenvalue weighted by Crippen LogP contribution is 2.26. The normalized spacial score (nSPS) is 10.7. The average Bonchev–Trinajstić information content (AvgIpc) is 2.68. The standard InChI is InChI=1S/C14H19N3O/c1-10-14(16-13(7-8-15)17(10)2)11-5-4-6-12(9-11)18-3/h4-6,9H,7-8,15H2,1-3H3. The largest absolute Gasteiger partial charge is 0.497 e. The van der Waals surface area contributed by atoms with E-state index in [-0.39, 0.29) is 0 Å². The van der Waals surface area contributed by atoms with E-state index in [0.29, 0.717) is 6.54 Å². The molecular formula is C14H19N3O.